The lowest BCUT2D eigenvalue weighted by Crippen LogP contribution is -2.10. The number of nitrogen functional groups attached to an aromatic ring is 1. The topological polar surface area (TPSA) is 43.1 Å². The Bertz CT molecular complexity index is 525. The zero-order valence-corrected chi connectivity index (χ0v) is 10.1. The zero-order chi connectivity index (χ0) is 12.4. The summed E-state index contributed by atoms with van der Waals surface area (Å²) in [5.41, 5.74) is 6.05. The van der Waals surface area contributed by atoms with Crippen molar-refractivity contribution in [3.8, 4) is 0 Å². The first-order chi connectivity index (χ1) is 8.66. The van der Waals surface area contributed by atoms with Crippen LogP contribution < -0.4 is 5.73 Å². The summed E-state index contributed by atoms with van der Waals surface area (Å²) in [6, 6.07) is 4.46. The summed E-state index contributed by atoms with van der Waals surface area (Å²) in [6.07, 6.45) is 3.92. The van der Waals surface area contributed by atoms with Gasteiger partial charge >= 0.3 is 0 Å². The van der Waals surface area contributed by atoms with E-state index >= 15 is 0 Å². The molecule has 1 aromatic rings. The van der Waals surface area contributed by atoms with Gasteiger partial charge in [0.1, 0.15) is 5.82 Å². The molecule has 0 saturated heterocycles. The van der Waals surface area contributed by atoms with E-state index in [9.17, 15) is 9.18 Å². The van der Waals surface area contributed by atoms with E-state index in [2.05, 4.69) is 0 Å². The molecule has 3 aliphatic carbocycles. The van der Waals surface area contributed by atoms with Gasteiger partial charge < -0.3 is 5.73 Å². The van der Waals surface area contributed by atoms with Crippen molar-refractivity contribution in [2.75, 3.05) is 5.73 Å². The summed E-state index contributed by atoms with van der Waals surface area (Å²) in [5.74, 6) is 2.60. The first-order valence-corrected chi connectivity index (χ1v) is 6.76. The third-order valence-corrected chi connectivity index (χ3v) is 5.32. The van der Waals surface area contributed by atoms with Crippen LogP contribution >= 0.6 is 0 Å². The second-order valence-corrected chi connectivity index (χ2v) is 6.11. The van der Waals surface area contributed by atoms with E-state index in [1.165, 1.54) is 31.4 Å². The minimum Gasteiger partial charge on any atom is -0.396 e. The molecule has 3 saturated carbocycles. The summed E-state index contributed by atoms with van der Waals surface area (Å²) < 4.78 is 13.4. The molecule has 94 valence electrons. The van der Waals surface area contributed by atoms with Crippen LogP contribution in [0.1, 0.15) is 29.6 Å². The number of halogens is 1. The molecule has 1 aromatic carbocycles. The van der Waals surface area contributed by atoms with Crippen LogP contribution in [0.25, 0.3) is 0 Å². The predicted octanol–water partition coefficient (Wildman–Crippen LogP) is 2.88. The quantitative estimate of drug-likeness (QED) is 0.643. The van der Waals surface area contributed by atoms with Gasteiger partial charge in [0.15, 0.2) is 5.78 Å². The molecule has 0 radical (unpaired) electrons. The van der Waals surface area contributed by atoms with Gasteiger partial charge in [-0.25, -0.2) is 4.39 Å². The number of Topliss-reactive ketones (excluding diaryl/α,β-unsaturated/α-hetero) is 1. The largest absolute Gasteiger partial charge is 0.396 e. The van der Waals surface area contributed by atoms with Gasteiger partial charge in [0.05, 0.1) is 5.69 Å². The Morgan fingerprint density at radius 2 is 1.89 bits per heavy atom. The molecular formula is C15H16FNO. The molecule has 3 fully saturated rings. The molecule has 0 amide bonds. The summed E-state index contributed by atoms with van der Waals surface area (Å²) in [7, 11) is 0. The van der Waals surface area contributed by atoms with Crippen LogP contribution in [0.4, 0.5) is 10.1 Å². The molecule has 0 spiro atoms. The maximum absolute atomic E-state index is 13.4. The highest BCUT2D eigenvalue weighted by Gasteiger charge is 2.67. The highest BCUT2D eigenvalue weighted by Crippen LogP contribution is 2.69. The molecule has 18 heavy (non-hydrogen) atoms. The van der Waals surface area contributed by atoms with Crippen molar-refractivity contribution in [3.63, 3.8) is 0 Å². The van der Waals surface area contributed by atoms with Gasteiger partial charge in [-0.2, -0.15) is 0 Å². The lowest BCUT2D eigenvalue weighted by atomic mass is 9.96. The molecule has 2 bridgehead atoms. The molecule has 0 aliphatic heterocycles. The summed E-state index contributed by atoms with van der Waals surface area (Å²) >= 11 is 0. The molecule has 0 aromatic heterocycles. The fourth-order valence-corrected chi connectivity index (χ4v) is 4.55. The van der Waals surface area contributed by atoms with Gasteiger partial charge in [-0.05, 0) is 61.1 Å². The maximum atomic E-state index is 13.4. The second-order valence-electron chi connectivity index (χ2n) is 6.11. The monoisotopic (exact) mass is 245 g/mol. The van der Waals surface area contributed by atoms with Crippen LogP contribution in [0, 0.1) is 35.4 Å². The zero-order valence-electron chi connectivity index (χ0n) is 10.1. The van der Waals surface area contributed by atoms with Crippen LogP contribution in [-0.4, -0.2) is 5.78 Å². The molecule has 3 heteroatoms. The Morgan fingerprint density at radius 3 is 2.50 bits per heavy atom. The van der Waals surface area contributed by atoms with E-state index in [-0.39, 0.29) is 17.4 Å². The van der Waals surface area contributed by atoms with Crippen molar-refractivity contribution in [3.05, 3.63) is 29.6 Å². The molecule has 4 unspecified atom stereocenters. The first-order valence-electron chi connectivity index (χ1n) is 6.76. The number of hydrogen-bond donors (Lipinski definition) is 1. The van der Waals surface area contributed by atoms with Crippen molar-refractivity contribution in [1.82, 2.24) is 0 Å². The summed E-state index contributed by atoms with van der Waals surface area (Å²) in [6.45, 7) is 0. The summed E-state index contributed by atoms with van der Waals surface area (Å²) in [4.78, 5) is 12.4. The average Bonchev–Trinajstić information content (AvgIpc) is 2.80. The van der Waals surface area contributed by atoms with Gasteiger partial charge in [-0.15, -0.1) is 0 Å². The highest BCUT2D eigenvalue weighted by molar-refractivity contribution is 6.00. The Labute approximate surface area is 105 Å². The van der Waals surface area contributed by atoms with E-state index < -0.39 is 5.82 Å². The minimum absolute atomic E-state index is 0.114. The van der Waals surface area contributed by atoms with Crippen LogP contribution in [0.2, 0.25) is 0 Å². The number of carbonyl (C=O) groups is 1. The number of ketones is 1. The van der Waals surface area contributed by atoms with Crippen molar-refractivity contribution < 1.29 is 9.18 Å². The Balaban J connectivity index is 1.60. The van der Waals surface area contributed by atoms with Gasteiger partial charge in [0, 0.05) is 11.5 Å². The normalized spacial score (nSPS) is 39.7. The number of hydrogen-bond acceptors (Lipinski definition) is 2. The third kappa shape index (κ3) is 1.25. The van der Waals surface area contributed by atoms with Crippen molar-refractivity contribution in [1.29, 1.82) is 0 Å². The van der Waals surface area contributed by atoms with Gasteiger partial charge in [-0.3, -0.25) is 4.79 Å². The Kier molecular flexibility index (Phi) is 1.95. The molecule has 3 aliphatic rings. The van der Waals surface area contributed by atoms with Crippen LogP contribution in [0.3, 0.4) is 0 Å². The van der Waals surface area contributed by atoms with Crippen LogP contribution in [-0.2, 0) is 0 Å². The van der Waals surface area contributed by atoms with E-state index in [0.29, 0.717) is 17.4 Å². The lowest BCUT2D eigenvalue weighted by molar-refractivity contribution is 0.0944. The molecular weight excluding hydrogens is 229 g/mol. The summed E-state index contributed by atoms with van der Waals surface area (Å²) in [5, 5.41) is 0. The SMILES string of the molecule is Nc1ccc(C(=O)C2C3C4CCC(C4)C23)cc1F. The number of anilines is 1. The number of nitrogens with two attached hydrogens (primary N) is 1. The highest BCUT2D eigenvalue weighted by atomic mass is 19.1. The molecule has 2 N–H and O–H groups in total. The van der Waals surface area contributed by atoms with Gasteiger partial charge in [0.2, 0.25) is 0 Å². The molecule has 4 rings (SSSR count). The molecule has 0 heterocycles. The number of fused-ring (bicyclic) bond motifs is 5. The number of carbonyl (C=O) groups excluding carboxylic acids is 1. The van der Waals surface area contributed by atoms with Crippen LogP contribution in [0.5, 0.6) is 0 Å². The Hall–Kier alpha value is -1.38. The number of benzene rings is 1. The first kappa shape index (κ1) is 10.5. The van der Waals surface area contributed by atoms with Crippen molar-refractivity contribution in [2.24, 2.45) is 29.6 Å². The van der Waals surface area contributed by atoms with Gasteiger partial charge in [-0.1, -0.05) is 0 Å². The standard InChI is InChI=1S/C15H16FNO/c16-10-6-9(3-4-11(10)17)15(18)14-12-7-1-2-8(5-7)13(12)14/h3-4,6-8,12-14H,1-2,5,17H2. The van der Waals surface area contributed by atoms with E-state index in [0.717, 1.165) is 11.8 Å². The molecule has 2 nitrogen and oxygen atoms in total. The number of rotatable bonds is 2. The third-order valence-electron chi connectivity index (χ3n) is 5.32. The van der Waals surface area contributed by atoms with E-state index in [1.807, 2.05) is 0 Å². The predicted molar refractivity (Wildman–Crippen MR) is 66.4 cm³/mol. The second kappa shape index (κ2) is 3.34. The smallest absolute Gasteiger partial charge is 0.166 e. The maximum Gasteiger partial charge on any atom is 0.166 e. The van der Waals surface area contributed by atoms with E-state index in [4.69, 9.17) is 5.73 Å². The fourth-order valence-electron chi connectivity index (χ4n) is 4.55. The van der Waals surface area contributed by atoms with Gasteiger partial charge in [0.25, 0.3) is 0 Å². The van der Waals surface area contributed by atoms with Crippen molar-refractivity contribution in [2.45, 2.75) is 19.3 Å². The fraction of sp³-hybridized carbons (Fsp3) is 0.533. The lowest BCUT2D eigenvalue weighted by Gasteiger charge is -2.08. The minimum atomic E-state index is -0.477. The van der Waals surface area contributed by atoms with Crippen molar-refractivity contribution >= 4 is 11.5 Å². The van der Waals surface area contributed by atoms with Crippen LogP contribution in [0.15, 0.2) is 18.2 Å². The molecule has 4 atom stereocenters. The average molecular weight is 245 g/mol. The Morgan fingerprint density at radius 1 is 1.22 bits per heavy atom. The van der Waals surface area contributed by atoms with E-state index in [1.54, 1.807) is 6.07 Å².